The summed E-state index contributed by atoms with van der Waals surface area (Å²) in [5, 5.41) is 0. The van der Waals surface area contributed by atoms with Crippen LogP contribution in [0.3, 0.4) is 0 Å². The molecule has 13 heavy (non-hydrogen) atoms. The predicted molar refractivity (Wildman–Crippen MR) is 57.1 cm³/mol. The summed E-state index contributed by atoms with van der Waals surface area (Å²) in [5.41, 5.74) is 2.83. The lowest BCUT2D eigenvalue weighted by atomic mass is 9.96. The second kappa shape index (κ2) is 3.73. The van der Waals surface area contributed by atoms with E-state index >= 15 is 0 Å². The van der Waals surface area contributed by atoms with Crippen LogP contribution < -0.4 is 0 Å². The maximum Gasteiger partial charge on any atom is 0.0457 e. The van der Waals surface area contributed by atoms with Crippen LogP contribution in [0, 0.1) is 5.92 Å². The molecule has 0 aromatic rings. The van der Waals surface area contributed by atoms with Crippen molar-refractivity contribution >= 4 is 6.21 Å². The van der Waals surface area contributed by atoms with Crippen LogP contribution >= 0.6 is 0 Å². The Morgan fingerprint density at radius 1 is 1.46 bits per heavy atom. The Balaban J connectivity index is 2.16. The van der Waals surface area contributed by atoms with Gasteiger partial charge in [-0.2, -0.15) is 0 Å². The van der Waals surface area contributed by atoms with Crippen molar-refractivity contribution in [1.29, 1.82) is 0 Å². The largest absolute Gasteiger partial charge is 0.297 e. The maximum absolute atomic E-state index is 4.28. The van der Waals surface area contributed by atoms with E-state index in [9.17, 15) is 0 Å². The van der Waals surface area contributed by atoms with Crippen molar-refractivity contribution in [2.75, 3.05) is 6.54 Å². The van der Waals surface area contributed by atoms with Gasteiger partial charge in [0.25, 0.3) is 0 Å². The highest BCUT2D eigenvalue weighted by molar-refractivity contribution is 5.61. The highest BCUT2D eigenvalue weighted by atomic mass is 14.7. The number of allylic oxidation sites excluding steroid dienone is 5. The number of aliphatic imine (C=N–C) groups is 1. The molecule has 0 saturated heterocycles. The Bertz CT molecular complexity index is 297. The van der Waals surface area contributed by atoms with Crippen molar-refractivity contribution in [1.82, 2.24) is 0 Å². The first-order chi connectivity index (χ1) is 6.36. The molecule has 1 unspecified atom stereocenters. The number of nitrogens with zero attached hydrogens (tertiary/aromatic N) is 1. The van der Waals surface area contributed by atoms with E-state index in [1.807, 2.05) is 6.21 Å². The molecular formula is C12H15N. The first-order valence-electron chi connectivity index (χ1n) is 4.89. The molecule has 1 atom stereocenters. The second-order valence-corrected chi connectivity index (χ2v) is 3.71. The van der Waals surface area contributed by atoms with Crippen LogP contribution in [-0.2, 0) is 0 Å². The molecule has 2 rings (SSSR count). The van der Waals surface area contributed by atoms with Gasteiger partial charge in [-0.05, 0) is 31.6 Å². The SMILES string of the molecule is CC1=CCC=CC(C2CC=NC2)=C1. The zero-order valence-corrected chi connectivity index (χ0v) is 8.03. The molecule has 0 N–H and O–H groups in total. The molecule has 0 aromatic heterocycles. The van der Waals surface area contributed by atoms with Gasteiger partial charge in [-0.25, -0.2) is 0 Å². The van der Waals surface area contributed by atoms with Gasteiger partial charge < -0.3 is 0 Å². The standard InChI is InChI=1S/C12H15N/c1-10-4-2-3-5-11(8-10)12-6-7-13-9-12/h3-5,7-8,12H,2,6,9H2,1H3. The summed E-state index contributed by atoms with van der Waals surface area (Å²) in [7, 11) is 0. The third-order valence-electron chi connectivity index (χ3n) is 2.60. The van der Waals surface area contributed by atoms with Crippen LogP contribution in [0.4, 0.5) is 0 Å². The molecule has 0 aromatic carbocycles. The molecule has 0 saturated carbocycles. The minimum Gasteiger partial charge on any atom is -0.297 e. The lowest BCUT2D eigenvalue weighted by Gasteiger charge is -2.08. The Morgan fingerprint density at radius 2 is 2.38 bits per heavy atom. The summed E-state index contributed by atoms with van der Waals surface area (Å²) in [4.78, 5) is 4.28. The maximum atomic E-state index is 4.28. The normalized spacial score (nSPS) is 27.0. The van der Waals surface area contributed by atoms with Gasteiger partial charge in [-0.15, -0.1) is 0 Å². The van der Waals surface area contributed by atoms with E-state index in [1.54, 1.807) is 0 Å². The summed E-state index contributed by atoms with van der Waals surface area (Å²) in [5.74, 6) is 0.637. The van der Waals surface area contributed by atoms with E-state index in [-0.39, 0.29) is 0 Å². The molecule has 0 bridgehead atoms. The molecule has 1 nitrogen and oxygen atoms in total. The van der Waals surface area contributed by atoms with Crippen LogP contribution in [0.1, 0.15) is 19.8 Å². The zero-order valence-electron chi connectivity index (χ0n) is 8.03. The molecule has 68 valence electrons. The van der Waals surface area contributed by atoms with Crippen LogP contribution in [0.25, 0.3) is 0 Å². The van der Waals surface area contributed by atoms with Crippen molar-refractivity contribution in [3.63, 3.8) is 0 Å². The summed E-state index contributed by atoms with van der Waals surface area (Å²) in [6.45, 7) is 3.15. The van der Waals surface area contributed by atoms with Crippen LogP contribution in [0.2, 0.25) is 0 Å². The number of rotatable bonds is 1. The summed E-state index contributed by atoms with van der Waals surface area (Å²) in [6, 6.07) is 0. The van der Waals surface area contributed by atoms with Crippen molar-refractivity contribution in [3.05, 3.63) is 35.5 Å². The van der Waals surface area contributed by atoms with E-state index in [0.29, 0.717) is 5.92 Å². The predicted octanol–water partition coefficient (Wildman–Crippen LogP) is 2.91. The van der Waals surface area contributed by atoms with E-state index in [1.165, 1.54) is 11.1 Å². The van der Waals surface area contributed by atoms with Crippen LogP contribution in [0.5, 0.6) is 0 Å². The third-order valence-corrected chi connectivity index (χ3v) is 2.60. The summed E-state index contributed by atoms with van der Waals surface area (Å²) in [6.07, 6.45) is 13.3. The molecular weight excluding hydrogens is 158 g/mol. The van der Waals surface area contributed by atoms with Gasteiger partial charge in [-0.1, -0.05) is 29.9 Å². The van der Waals surface area contributed by atoms with Crippen molar-refractivity contribution < 1.29 is 0 Å². The van der Waals surface area contributed by atoms with E-state index in [2.05, 4.69) is 36.2 Å². The summed E-state index contributed by atoms with van der Waals surface area (Å²) < 4.78 is 0. The highest BCUT2D eigenvalue weighted by Crippen LogP contribution is 2.23. The van der Waals surface area contributed by atoms with Crippen molar-refractivity contribution in [2.24, 2.45) is 10.9 Å². The fourth-order valence-electron chi connectivity index (χ4n) is 1.80. The monoisotopic (exact) mass is 173 g/mol. The third kappa shape index (κ3) is 1.97. The average molecular weight is 173 g/mol. The topological polar surface area (TPSA) is 12.4 Å². The van der Waals surface area contributed by atoms with E-state index in [0.717, 1.165) is 19.4 Å². The van der Waals surface area contributed by atoms with E-state index < -0.39 is 0 Å². The molecule has 0 radical (unpaired) electrons. The lowest BCUT2D eigenvalue weighted by Crippen LogP contribution is -2.01. The molecule has 1 heterocycles. The molecule has 1 aliphatic heterocycles. The van der Waals surface area contributed by atoms with Gasteiger partial charge in [0.2, 0.25) is 0 Å². The Hall–Kier alpha value is -1.11. The minimum absolute atomic E-state index is 0.637. The van der Waals surface area contributed by atoms with Crippen molar-refractivity contribution in [3.8, 4) is 0 Å². The molecule has 0 amide bonds. The Kier molecular flexibility index (Phi) is 2.44. The minimum atomic E-state index is 0.637. The van der Waals surface area contributed by atoms with Gasteiger partial charge in [-0.3, -0.25) is 4.99 Å². The van der Waals surface area contributed by atoms with Gasteiger partial charge in [0.1, 0.15) is 0 Å². The second-order valence-electron chi connectivity index (χ2n) is 3.71. The first-order valence-corrected chi connectivity index (χ1v) is 4.89. The first kappa shape index (κ1) is 8.49. The quantitative estimate of drug-likeness (QED) is 0.578. The summed E-state index contributed by atoms with van der Waals surface area (Å²) >= 11 is 0. The average Bonchev–Trinajstić information content (AvgIpc) is 2.56. The Labute approximate surface area is 79.6 Å². The molecule has 1 aliphatic carbocycles. The lowest BCUT2D eigenvalue weighted by molar-refractivity contribution is 0.713. The smallest absolute Gasteiger partial charge is 0.0457 e. The molecule has 2 aliphatic rings. The van der Waals surface area contributed by atoms with Gasteiger partial charge in [0.05, 0.1) is 0 Å². The molecule has 0 spiro atoms. The van der Waals surface area contributed by atoms with Crippen molar-refractivity contribution in [2.45, 2.75) is 19.8 Å². The van der Waals surface area contributed by atoms with E-state index in [4.69, 9.17) is 0 Å². The zero-order chi connectivity index (χ0) is 9.10. The van der Waals surface area contributed by atoms with Crippen LogP contribution in [0.15, 0.2) is 40.4 Å². The van der Waals surface area contributed by atoms with Gasteiger partial charge in [0.15, 0.2) is 0 Å². The van der Waals surface area contributed by atoms with Crippen LogP contribution in [-0.4, -0.2) is 12.8 Å². The number of hydrogen-bond donors (Lipinski definition) is 0. The highest BCUT2D eigenvalue weighted by Gasteiger charge is 2.14. The fourth-order valence-corrected chi connectivity index (χ4v) is 1.80. The van der Waals surface area contributed by atoms with Gasteiger partial charge >= 0.3 is 0 Å². The molecule has 0 fully saturated rings. The number of hydrogen-bond acceptors (Lipinski definition) is 1. The fraction of sp³-hybridized carbons (Fsp3) is 0.417. The Morgan fingerprint density at radius 3 is 3.15 bits per heavy atom. The van der Waals surface area contributed by atoms with Gasteiger partial charge in [0, 0.05) is 12.5 Å². The molecule has 1 heteroatoms.